The summed E-state index contributed by atoms with van der Waals surface area (Å²) < 4.78 is 32.8. The quantitative estimate of drug-likeness (QED) is 0.685. The molecule has 1 aromatic rings. The molecule has 0 spiro atoms. The fourth-order valence-electron chi connectivity index (χ4n) is 4.10. The number of likely N-dealkylation sites (tertiary alicyclic amines) is 1. The zero-order valence-electron chi connectivity index (χ0n) is 17.1. The van der Waals surface area contributed by atoms with Gasteiger partial charge in [0.1, 0.15) is 6.54 Å². The van der Waals surface area contributed by atoms with Gasteiger partial charge in [0.2, 0.25) is 21.8 Å². The van der Waals surface area contributed by atoms with E-state index in [1.807, 2.05) is 4.90 Å². The van der Waals surface area contributed by atoms with Crippen molar-refractivity contribution in [3.8, 4) is 0 Å². The van der Waals surface area contributed by atoms with Gasteiger partial charge in [-0.3, -0.25) is 9.59 Å². The highest BCUT2D eigenvalue weighted by molar-refractivity contribution is 8.00. The summed E-state index contributed by atoms with van der Waals surface area (Å²) in [6, 6.07) is 4.86. The average molecular weight is 454 g/mol. The van der Waals surface area contributed by atoms with E-state index in [9.17, 15) is 18.0 Å². The van der Waals surface area contributed by atoms with E-state index in [0.717, 1.165) is 17.7 Å². The number of thioether (sulfide) groups is 1. The number of sulfonamides is 1. The predicted molar refractivity (Wildman–Crippen MR) is 114 cm³/mol. The van der Waals surface area contributed by atoms with Crippen molar-refractivity contribution in [1.29, 1.82) is 0 Å². The number of nitrogens with zero attached hydrogens (tertiary/aromatic N) is 3. The molecule has 2 saturated heterocycles. The molecule has 3 heterocycles. The Bertz CT molecular complexity index is 930. The Hall–Kier alpha value is -1.62. The van der Waals surface area contributed by atoms with Gasteiger partial charge in [0.05, 0.1) is 29.5 Å². The first kappa shape index (κ1) is 21.6. The maximum atomic E-state index is 13.1. The summed E-state index contributed by atoms with van der Waals surface area (Å²) in [6.45, 7) is 4.83. The van der Waals surface area contributed by atoms with Crippen molar-refractivity contribution in [2.24, 2.45) is 5.92 Å². The third-order valence-electron chi connectivity index (χ3n) is 5.78. The number of anilines is 1. The molecule has 164 valence electrons. The van der Waals surface area contributed by atoms with Crippen LogP contribution >= 0.6 is 11.8 Å². The van der Waals surface area contributed by atoms with E-state index in [1.54, 1.807) is 12.1 Å². The second-order valence-electron chi connectivity index (χ2n) is 8.00. The van der Waals surface area contributed by atoms with Crippen LogP contribution in [0.1, 0.15) is 19.8 Å². The number of ether oxygens (including phenoxy) is 1. The Morgan fingerprint density at radius 2 is 2.00 bits per heavy atom. The molecule has 0 bridgehead atoms. The Kier molecular flexibility index (Phi) is 6.38. The standard InChI is InChI=1S/C20H27N3O5S2/c1-15-3-2-6-21(12-15)19(24)13-23-17-11-16(4-5-18(17)29-14-20(23)25)30(26,27)22-7-9-28-10-8-22/h4-5,11,15H,2-3,6-10,12-14H2,1H3/t15-/m1/s1. The number of benzene rings is 1. The van der Waals surface area contributed by atoms with E-state index in [2.05, 4.69) is 6.92 Å². The number of rotatable bonds is 4. The molecule has 0 unspecified atom stereocenters. The highest BCUT2D eigenvalue weighted by Crippen LogP contribution is 2.37. The summed E-state index contributed by atoms with van der Waals surface area (Å²) in [6.07, 6.45) is 2.07. The molecule has 4 rings (SSSR count). The predicted octanol–water partition coefficient (Wildman–Crippen LogP) is 1.40. The molecule has 2 amide bonds. The van der Waals surface area contributed by atoms with Crippen molar-refractivity contribution in [3.05, 3.63) is 18.2 Å². The molecule has 0 N–H and O–H groups in total. The van der Waals surface area contributed by atoms with Crippen LogP contribution in [0.25, 0.3) is 0 Å². The van der Waals surface area contributed by atoms with Crippen molar-refractivity contribution in [2.45, 2.75) is 29.6 Å². The third-order valence-corrected chi connectivity index (χ3v) is 8.73. The van der Waals surface area contributed by atoms with Gasteiger partial charge in [0, 0.05) is 31.1 Å². The smallest absolute Gasteiger partial charge is 0.243 e. The van der Waals surface area contributed by atoms with Crippen molar-refractivity contribution in [2.75, 3.05) is 56.6 Å². The lowest BCUT2D eigenvalue weighted by molar-refractivity contribution is -0.132. The van der Waals surface area contributed by atoms with E-state index >= 15 is 0 Å². The van der Waals surface area contributed by atoms with Gasteiger partial charge < -0.3 is 14.5 Å². The summed E-state index contributed by atoms with van der Waals surface area (Å²) in [5.74, 6) is 0.431. The zero-order chi connectivity index (χ0) is 21.3. The summed E-state index contributed by atoms with van der Waals surface area (Å²) in [5, 5.41) is 0. The molecular weight excluding hydrogens is 426 g/mol. The Morgan fingerprint density at radius 3 is 2.73 bits per heavy atom. The fraction of sp³-hybridized carbons (Fsp3) is 0.600. The molecule has 30 heavy (non-hydrogen) atoms. The first-order chi connectivity index (χ1) is 14.4. The minimum Gasteiger partial charge on any atom is -0.379 e. The minimum atomic E-state index is -3.68. The van der Waals surface area contributed by atoms with Gasteiger partial charge in [0.15, 0.2) is 0 Å². The third kappa shape index (κ3) is 4.37. The summed E-state index contributed by atoms with van der Waals surface area (Å²) in [5.41, 5.74) is 0.504. The summed E-state index contributed by atoms with van der Waals surface area (Å²) in [4.78, 5) is 29.8. The number of fused-ring (bicyclic) bond motifs is 1. The number of morpholine rings is 1. The van der Waals surface area contributed by atoms with E-state index in [4.69, 9.17) is 4.74 Å². The second kappa shape index (κ2) is 8.86. The summed E-state index contributed by atoms with van der Waals surface area (Å²) >= 11 is 1.37. The lowest BCUT2D eigenvalue weighted by Gasteiger charge is -2.34. The monoisotopic (exact) mass is 453 g/mol. The van der Waals surface area contributed by atoms with Gasteiger partial charge in [-0.2, -0.15) is 4.31 Å². The van der Waals surface area contributed by atoms with Crippen molar-refractivity contribution in [3.63, 3.8) is 0 Å². The van der Waals surface area contributed by atoms with Gasteiger partial charge in [-0.25, -0.2) is 8.42 Å². The fourth-order valence-corrected chi connectivity index (χ4v) is 6.45. The van der Waals surface area contributed by atoms with Crippen molar-refractivity contribution < 1.29 is 22.7 Å². The van der Waals surface area contributed by atoms with Crippen molar-refractivity contribution in [1.82, 2.24) is 9.21 Å². The largest absolute Gasteiger partial charge is 0.379 e. The average Bonchev–Trinajstić information content (AvgIpc) is 2.76. The van der Waals surface area contributed by atoms with Crippen LogP contribution < -0.4 is 4.90 Å². The first-order valence-corrected chi connectivity index (χ1v) is 12.7. The molecule has 2 fully saturated rings. The van der Waals surface area contributed by atoms with Gasteiger partial charge in [-0.1, -0.05) is 6.92 Å². The molecule has 1 atom stereocenters. The number of hydrogen-bond donors (Lipinski definition) is 0. The molecule has 3 aliphatic rings. The number of piperidine rings is 1. The van der Waals surface area contributed by atoms with Gasteiger partial charge in [-0.15, -0.1) is 11.8 Å². The molecule has 10 heteroatoms. The van der Waals surface area contributed by atoms with E-state index < -0.39 is 10.0 Å². The Labute approximate surface area is 181 Å². The molecule has 0 saturated carbocycles. The van der Waals surface area contributed by atoms with E-state index in [1.165, 1.54) is 27.0 Å². The van der Waals surface area contributed by atoms with Gasteiger partial charge in [-0.05, 0) is 37.0 Å². The number of carbonyl (C=O) groups excluding carboxylic acids is 2. The lowest BCUT2D eigenvalue weighted by Crippen LogP contribution is -2.47. The summed E-state index contributed by atoms with van der Waals surface area (Å²) in [7, 11) is -3.68. The van der Waals surface area contributed by atoms with Crippen LogP contribution in [0.5, 0.6) is 0 Å². The minimum absolute atomic E-state index is 0.0554. The second-order valence-corrected chi connectivity index (χ2v) is 11.0. The van der Waals surface area contributed by atoms with Crippen LogP contribution in [0, 0.1) is 5.92 Å². The van der Waals surface area contributed by atoms with Crippen LogP contribution in [-0.4, -0.2) is 81.1 Å². The molecule has 8 nitrogen and oxygen atoms in total. The molecule has 0 aliphatic carbocycles. The topological polar surface area (TPSA) is 87.2 Å². The molecule has 0 radical (unpaired) electrons. The normalized spacial score (nSPS) is 23.4. The molecular formula is C20H27N3O5S2. The molecule has 3 aliphatic heterocycles. The Balaban J connectivity index is 1.59. The highest BCUT2D eigenvalue weighted by Gasteiger charge is 2.32. The van der Waals surface area contributed by atoms with Gasteiger partial charge in [0.25, 0.3) is 0 Å². The number of carbonyl (C=O) groups is 2. The number of hydrogen-bond acceptors (Lipinski definition) is 6. The lowest BCUT2D eigenvalue weighted by atomic mass is 10.0. The van der Waals surface area contributed by atoms with Crippen LogP contribution in [0.3, 0.4) is 0 Å². The van der Waals surface area contributed by atoms with Crippen LogP contribution in [0.2, 0.25) is 0 Å². The maximum Gasteiger partial charge on any atom is 0.243 e. The van der Waals surface area contributed by atoms with Gasteiger partial charge >= 0.3 is 0 Å². The van der Waals surface area contributed by atoms with Crippen LogP contribution in [0.15, 0.2) is 28.0 Å². The molecule has 1 aromatic carbocycles. The zero-order valence-corrected chi connectivity index (χ0v) is 18.7. The van der Waals surface area contributed by atoms with Crippen LogP contribution in [-0.2, 0) is 24.3 Å². The maximum absolute atomic E-state index is 13.1. The Morgan fingerprint density at radius 1 is 1.23 bits per heavy atom. The first-order valence-electron chi connectivity index (χ1n) is 10.3. The molecule has 0 aromatic heterocycles. The van der Waals surface area contributed by atoms with Crippen molar-refractivity contribution >= 4 is 39.3 Å². The highest BCUT2D eigenvalue weighted by atomic mass is 32.2. The number of amides is 2. The van der Waals surface area contributed by atoms with Crippen LogP contribution in [0.4, 0.5) is 5.69 Å². The SMILES string of the molecule is C[C@@H]1CCCN(C(=O)CN2C(=O)CSc3ccc(S(=O)(=O)N4CCOCC4)cc32)C1. The van der Waals surface area contributed by atoms with E-state index in [0.29, 0.717) is 51.0 Å². The van der Waals surface area contributed by atoms with E-state index in [-0.39, 0.29) is 29.0 Å².